The molecule has 0 bridgehead atoms. The van der Waals surface area contributed by atoms with E-state index in [4.69, 9.17) is 9.47 Å². The first kappa shape index (κ1) is 12.6. The molecule has 2 aromatic carbocycles. The summed E-state index contributed by atoms with van der Waals surface area (Å²) in [5.41, 5.74) is 0.805. The molecule has 1 heterocycles. The van der Waals surface area contributed by atoms with Gasteiger partial charge in [0.05, 0.1) is 17.3 Å². The van der Waals surface area contributed by atoms with Crippen molar-refractivity contribution in [1.82, 2.24) is 4.98 Å². The van der Waals surface area contributed by atoms with Crippen molar-refractivity contribution in [3.63, 3.8) is 0 Å². The smallest absolute Gasteiger partial charge is 0.372 e. The molecule has 0 saturated carbocycles. The van der Waals surface area contributed by atoms with E-state index in [2.05, 4.69) is 4.98 Å². The predicted molar refractivity (Wildman–Crippen MR) is 77.6 cm³/mol. The summed E-state index contributed by atoms with van der Waals surface area (Å²) in [5.74, 6) is 0.733. The SMILES string of the molecule is COc1ccc(OC(=O)c2nc3ccccc3s2)cc1. The molecule has 0 aliphatic carbocycles. The van der Waals surface area contributed by atoms with Crippen LogP contribution in [0.1, 0.15) is 9.80 Å². The lowest BCUT2D eigenvalue weighted by Crippen LogP contribution is -2.07. The van der Waals surface area contributed by atoms with Crippen molar-refractivity contribution in [3.05, 3.63) is 53.5 Å². The molecule has 0 saturated heterocycles. The predicted octanol–water partition coefficient (Wildman–Crippen LogP) is 3.52. The zero-order chi connectivity index (χ0) is 13.9. The monoisotopic (exact) mass is 285 g/mol. The fourth-order valence-electron chi connectivity index (χ4n) is 1.75. The number of carbonyl (C=O) groups excluding carboxylic acids is 1. The third kappa shape index (κ3) is 2.48. The van der Waals surface area contributed by atoms with Crippen molar-refractivity contribution in [2.45, 2.75) is 0 Å². The highest BCUT2D eigenvalue weighted by Gasteiger charge is 2.14. The molecule has 0 spiro atoms. The number of fused-ring (bicyclic) bond motifs is 1. The Hall–Kier alpha value is -2.40. The summed E-state index contributed by atoms with van der Waals surface area (Å²) >= 11 is 1.32. The Balaban J connectivity index is 1.81. The molecule has 0 unspecified atom stereocenters. The van der Waals surface area contributed by atoms with E-state index in [9.17, 15) is 4.79 Å². The summed E-state index contributed by atoms with van der Waals surface area (Å²) in [6.45, 7) is 0. The van der Waals surface area contributed by atoms with Crippen LogP contribution >= 0.6 is 11.3 Å². The second-order valence-corrected chi connectivity index (χ2v) is 5.08. The molecule has 4 nitrogen and oxygen atoms in total. The molecule has 1 aromatic heterocycles. The number of aromatic nitrogens is 1. The van der Waals surface area contributed by atoms with Crippen LogP contribution in [0.2, 0.25) is 0 Å². The third-order valence-electron chi connectivity index (χ3n) is 2.74. The van der Waals surface area contributed by atoms with Crippen LogP contribution < -0.4 is 9.47 Å². The number of esters is 1. The van der Waals surface area contributed by atoms with Crippen molar-refractivity contribution in [1.29, 1.82) is 0 Å². The number of nitrogens with zero attached hydrogens (tertiary/aromatic N) is 1. The minimum atomic E-state index is -0.448. The highest BCUT2D eigenvalue weighted by molar-refractivity contribution is 7.20. The van der Waals surface area contributed by atoms with Gasteiger partial charge in [-0.05, 0) is 36.4 Å². The maximum Gasteiger partial charge on any atom is 0.372 e. The van der Waals surface area contributed by atoms with Crippen molar-refractivity contribution in [3.8, 4) is 11.5 Å². The Bertz CT molecular complexity index is 716. The first-order valence-corrected chi connectivity index (χ1v) is 6.80. The minimum Gasteiger partial charge on any atom is -0.497 e. The van der Waals surface area contributed by atoms with Gasteiger partial charge in [-0.15, -0.1) is 11.3 Å². The van der Waals surface area contributed by atoms with Crippen LogP contribution in [0.4, 0.5) is 0 Å². The average Bonchev–Trinajstić information content (AvgIpc) is 2.92. The number of ether oxygens (including phenoxy) is 2. The molecule has 0 aliphatic rings. The number of methoxy groups -OCH3 is 1. The van der Waals surface area contributed by atoms with E-state index in [0.717, 1.165) is 10.2 Å². The van der Waals surface area contributed by atoms with E-state index in [0.29, 0.717) is 16.5 Å². The second-order valence-electron chi connectivity index (χ2n) is 4.05. The van der Waals surface area contributed by atoms with Gasteiger partial charge in [0.15, 0.2) is 0 Å². The number of hydrogen-bond acceptors (Lipinski definition) is 5. The van der Waals surface area contributed by atoms with Crippen LogP contribution in [0.3, 0.4) is 0 Å². The fraction of sp³-hybridized carbons (Fsp3) is 0.0667. The van der Waals surface area contributed by atoms with Gasteiger partial charge in [0.1, 0.15) is 11.5 Å². The van der Waals surface area contributed by atoms with E-state index in [1.165, 1.54) is 11.3 Å². The van der Waals surface area contributed by atoms with E-state index in [-0.39, 0.29) is 0 Å². The van der Waals surface area contributed by atoms with Gasteiger partial charge in [0.2, 0.25) is 5.01 Å². The highest BCUT2D eigenvalue weighted by atomic mass is 32.1. The summed E-state index contributed by atoms with van der Waals surface area (Å²) in [6, 6.07) is 14.4. The second kappa shape index (κ2) is 5.30. The Morgan fingerprint density at radius 2 is 1.75 bits per heavy atom. The molecular formula is C15H11NO3S. The number of carbonyl (C=O) groups is 1. The molecule has 0 amide bonds. The van der Waals surface area contributed by atoms with Gasteiger partial charge in [-0.2, -0.15) is 0 Å². The van der Waals surface area contributed by atoms with Gasteiger partial charge >= 0.3 is 5.97 Å². The van der Waals surface area contributed by atoms with Crippen molar-refractivity contribution in [2.75, 3.05) is 7.11 Å². The Morgan fingerprint density at radius 3 is 2.45 bits per heavy atom. The summed E-state index contributed by atoms with van der Waals surface area (Å²) in [7, 11) is 1.59. The molecule has 0 aliphatic heterocycles. The molecule has 20 heavy (non-hydrogen) atoms. The lowest BCUT2D eigenvalue weighted by Gasteiger charge is -2.03. The fourth-order valence-corrected chi connectivity index (χ4v) is 2.60. The topological polar surface area (TPSA) is 48.4 Å². The van der Waals surface area contributed by atoms with Gasteiger partial charge < -0.3 is 9.47 Å². The highest BCUT2D eigenvalue weighted by Crippen LogP contribution is 2.23. The first-order valence-electron chi connectivity index (χ1n) is 5.98. The minimum absolute atomic E-state index is 0.349. The van der Waals surface area contributed by atoms with Gasteiger partial charge in [-0.1, -0.05) is 12.1 Å². The standard InChI is InChI=1S/C15H11NO3S/c1-18-10-6-8-11(9-7-10)19-15(17)14-16-12-4-2-3-5-13(12)20-14/h2-9H,1H3. The normalized spacial score (nSPS) is 10.4. The molecule has 3 rings (SSSR count). The summed E-state index contributed by atoms with van der Waals surface area (Å²) in [6.07, 6.45) is 0. The summed E-state index contributed by atoms with van der Waals surface area (Å²) in [4.78, 5) is 16.3. The summed E-state index contributed by atoms with van der Waals surface area (Å²) < 4.78 is 11.3. The van der Waals surface area contributed by atoms with Gasteiger partial charge in [0.25, 0.3) is 0 Å². The molecule has 0 atom stereocenters. The van der Waals surface area contributed by atoms with E-state index < -0.39 is 5.97 Å². The molecule has 0 fully saturated rings. The number of hydrogen-bond donors (Lipinski definition) is 0. The maximum absolute atomic E-state index is 12.0. The van der Waals surface area contributed by atoms with Crippen molar-refractivity contribution < 1.29 is 14.3 Å². The molecule has 100 valence electrons. The van der Waals surface area contributed by atoms with Crippen LogP contribution in [-0.4, -0.2) is 18.1 Å². The number of rotatable bonds is 3. The molecule has 0 N–H and O–H groups in total. The quantitative estimate of drug-likeness (QED) is 0.545. The first-order chi connectivity index (χ1) is 9.76. The molecule has 5 heteroatoms. The van der Waals surface area contributed by atoms with Gasteiger partial charge in [-0.25, -0.2) is 9.78 Å². The lowest BCUT2D eigenvalue weighted by atomic mass is 10.3. The zero-order valence-corrected chi connectivity index (χ0v) is 11.5. The maximum atomic E-state index is 12.0. The number of benzene rings is 2. The van der Waals surface area contributed by atoms with E-state index in [1.807, 2.05) is 24.3 Å². The number of para-hydroxylation sites is 1. The van der Waals surface area contributed by atoms with Crippen molar-refractivity contribution >= 4 is 27.5 Å². The average molecular weight is 285 g/mol. The number of thiazole rings is 1. The largest absolute Gasteiger partial charge is 0.497 e. The van der Waals surface area contributed by atoms with Crippen molar-refractivity contribution in [2.24, 2.45) is 0 Å². The molecular weight excluding hydrogens is 274 g/mol. The van der Waals surface area contributed by atoms with E-state index >= 15 is 0 Å². The van der Waals surface area contributed by atoms with Crippen LogP contribution in [0.5, 0.6) is 11.5 Å². The zero-order valence-electron chi connectivity index (χ0n) is 10.7. The molecule has 0 radical (unpaired) electrons. The van der Waals surface area contributed by atoms with Crippen LogP contribution in [0.15, 0.2) is 48.5 Å². The van der Waals surface area contributed by atoms with Crippen LogP contribution in [0.25, 0.3) is 10.2 Å². The van der Waals surface area contributed by atoms with E-state index in [1.54, 1.807) is 31.4 Å². The molecule has 3 aromatic rings. The Labute approximate surface area is 119 Å². The summed E-state index contributed by atoms with van der Waals surface area (Å²) in [5, 5.41) is 0.349. The van der Waals surface area contributed by atoms with Gasteiger partial charge in [0, 0.05) is 0 Å². The Kier molecular flexibility index (Phi) is 3.35. The third-order valence-corrected chi connectivity index (χ3v) is 3.75. The lowest BCUT2D eigenvalue weighted by molar-refractivity contribution is 0.0734. The van der Waals surface area contributed by atoms with Gasteiger partial charge in [-0.3, -0.25) is 0 Å². The van der Waals surface area contributed by atoms with Crippen LogP contribution in [0, 0.1) is 0 Å². The van der Waals surface area contributed by atoms with Crippen LogP contribution in [-0.2, 0) is 0 Å². The Morgan fingerprint density at radius 1 is 1.05 bits per heavy atom.